The average Bonchev–Trinajstić information content (AvgIpc) is 3.34. The molecule has 1 aromatic carbocycles. The van der Waals surface area contributed by atoms with Crippen LogP contribution in [0.3, 0.4) is 0 Å². The van der Waals surface area contributed by atoms with Gasteiger partial charge in [0, 0.05) is 42.5 Å². The lowest BCUT2D eigenvalue weighted by molar-refractivity contribution is 0.0692. The van der Waals surface area contributed by atoms with Gasteiger partial charge in [0.25, 0.3) is 5.91 Å². The van der Waals surface area contributed by atoms with Crippen LogP contribution < -0.4 is 0 Å². The van der Waals surface area contributed by atoms with Crippen molar-refractivity contribution in [2.75, 3.05) is 13.1 Å². The van der Waals surface area contributed by atoms with Gasteiger partial charge in [-0.25, -0.2) is 19.9 Å². The van der Waals surface area contributed by atoms with Gasteiger partial charge in [0.15, 0.2) is 5.89 Å². The van der Waals surface area contributed by atoms with Crippen molar-refractivity contribution in [3.8, 4) is 11.3 Å². The lowest BCUT2D eigenvalue weighted by atomic mass is 9.97. The molecule has 1 aliphatic rings. The van der Waals surface area contributed by atoms with Crippen LogP contribution in [0, 0.1) is 0 Å². The predicted molar refractivity (Wildman–Crippen MR) is 124 cm³/mol. The average molecular weight is 460 g/mol. The summed E-state index contributed by atoms with van der Waals surface area (Å²) in [7, 11) is 0. The molecular formula is C25H22ClN5O2. The van der Waals surface area contributed by atoms with Gasteiger partial charge in [0.1, 0.15) is 17.8 Å². The fourth-order valence-corrected chi connectivity index (χ4v) is 4.30. The van der Waals surface area contributed by atoms with Gasteiger partial charge in [0.2, 0.25) is 0 Å². The Morgan fingerprint density at radius 3 is 2.79 bits per heavy atom. The van der Waals surface area contributed by atoms with Gasteiger partial charge in [-0.2, -0.15) is 0 Å². The fraction of sp³-hybridized carbons (Fsp3) is 0.240. The van der Waals surface area contributed by atoms with E-state index in [1.54, 1.807) is 24.7 Å². The van der Waals surface area contributed by atoms with Crippen molar-refractivity contribution in [1.82, 2.24) is 24.8 Å². The second-order valence-electron chi connectivity index (χ2n) is 8.06. The number of likely N-dealkylation sites (tertiary alicyclic amines) is 1. The van der Waals surface area contributed by atoms with Gasteiger partial charge in [-0.1, -0.05) is 35.9 Å². The van der Waals surface area contributed by atoms with E-state index in [1.165, 1.54) is 6.33 Å². The largest absolute Gasteiger partial charge is 0.445 e. The molecule has 166 valence electrons. The number of benzene rings is 1. The molecule has 4 heterocycles. The van der Waals surface area contributed by atoms with E-state index in [0.29, 0.717) is 41.8 Å². The molecule has 3 aromatic heterocycles. The number of aromatic nitrogens is 4. The molecule has 1 fully saturated rings. The molecule has 0 saturated carbocycles. The highest BCUT2D eigenvalue weighted by molar-refractivity contribution is 6.31. The zero-order chi connectivity index (χ0) is 22.6. The van der Waals surface area contributed by atoms with E-state index < -0.39 is 0 Å². The van der Waals surface area contributed by atoms with Gasteiger partial charge in [0.05, 0.1) is 17.8 Å². The van der Waals surface area contributed by atoms with Crippen LogP contribution in [-0.2, 0) is 6.42 Å². The van der Waals surface area contributed by atoms with Crippen molar-refractivity contribution in [2.45, 2.75) is 25.2 Å². The minimum Gasteiger partial charge on any atom is -0.445 e. The summed E-state index contributed by atoms with van der Waals surface area (Å²) < 4.78 is 6.06. The van der Waals surface area contributed by atoms with Gasteiger partial charge in [-0.05, 0) is 36.6 Å². The zero-order valence-electron chi connectivity index (χ0n) is 17.9. The van der Waals surface area contributed by atoms with Crippen molar-refractivity contribution in [1.29, 1.82) is 0 Å². The molecule has 0 bridgehead atoms. The highest BCUT2D eigenvalue weighted by atomic mass is 35.5. The first-order valence-corrected chi connectivity index (χ1v) is 11.2. The monoisotopic (exact) mass is 459 g/mol. The molecule has 5 rings (SSSR count). The van der Waals surface area contributed by atoms with Gasteiger partial charge in [-0.3, -0.25) is 4.79 Å². The summed E-state index contributed by atoms with van der Waals surface area (Å²) in [5, 5.41) is 0.710. The summed E-state index contributed by atoms with van der Waals surface area (Å²) in [5.41, 5.74) is 2.85. The summed E-state index contributed by atoms with van der Waals surface area (Å²) >= 11 is 6.27. The van der Waals surface area contributed by atoms with Crippen molar-refractivity contribution < 1.29 is 9.21 Å². The molecule has 0 spiro atoms. The molecule has 7 nitrogen and oxygen atoms in total. The number of amides is 1. The van der Waals surface area contributed by atoms with Crippen LogP contribution in [0.25, 0.3) is 11.3 Å². The summed E-state index contributed by atoms with van der Waals surface area (Å²) in [6, 6.07) is 13.1. The molecule has 0 radical (unpaired) electrons. The Kier molecular flexibility index (Phi) is 6.13. The number of nitrogens with zero attached hydrogens (tertiary/aromatic N) is 5. The normalized spacial score (nSPS) is 16.0. The van der Waals surface area contributed by atoms with Gasteiger partial charge < -0.3 is 9.32 Å². The smallest absolute Gasteiger partial charge is 0.272 e. The standard InChI is InChI=1S/C25H22ClN5O2/c26-21-7-2-1-5-17(21)11-20-14-29-24(33-20)18-6-4-10-31(15-18)25(32)23-9-3-8-22(30-23)19-12-27-16-28-13-19/h1-3,5,7-9,12-14,16,18H,4,6,10-11,15H2/t18-/m0/s1. The molecule has 0 aliphatic carbocycles. The van der Waals surface area contributed by atoms with Crippen LogP contribution in [0.15, 0.2) is 71.8 Å². The quantitative estimate of drug-likeness (QED) is 0.426. The minimum absolute atomic E-state index is 0.0494. The molecule has 0 unspecified atom stereocenters. The topological polar surface area (TPSA) is 85.0 Å². The molecule has 1 saturated heterocycles. The number of rotatable bonds is 5. The Morgan fingerprint density at radius 2 is 1.94 bits per heavy atom. The number of hydrogen-bond acceptors (Lipinski definition) is 6. The maximum Gasteiger partial charge on any atom is 0.272 e. The summed E-state index contributed by atoms with van der Waals surface area (Å²) in [5.74, 6) is 1.38. The summed E-state index contributed by atoms with van der Waals surface area (Å²) in [6.45, 7) is 1.23. The molecule has 1 aliphatic heterocycles. The van der Waals surface area contributed by atoms with Crippen LogP contribution in [0.1, 0.15) is 46.5 Å². The van der Waals surface area contributed by atoms with Crippen molar-refractivity contribution in [2.24, 2.45) is 0 Å². The van der Waals surface area contributed by atoms with E-state index >= 15 is 0 Å². The Balaban J connectivity index is 1.29. The first kappa shape index (κ1) is 21.3. The van der Waals surface area contributed by atoms with E-state index in [1.807, 2.05) is 41.3 Å². The van der Waals surface area contributed by atoms with Crippen molar-refractivity contribution in [3.05, 3.63) is 95.3 Å². The molecule has 4 aromatic rings. The molecule has 0 N–H and O–H groups in total. The highest BCUT2D eigenvalue weighted by Crippen LogP contribution is 2.29. The molecule has 8 heteroatoms. The Hall–Kier alpha value is -3.58. The third-order valence-electron chi connectivity index (χ3n) is 5.78. The fourth-order valence-electron chi connectivity index (χ4n) is 4.09. The third-order valence-corrected chi connectivity index (χ3v) is 6.15. The second kappa shape index (κ2) is 9.50. The van der Waals surface area contributed by atoms with Crippen LogP contribution in [-0.4, -0.2) is 43.8 Å². The minimum atomic E-state index is -0.0961. The van der Waals surface area contributed by atoms with Crippen LogP contribution >= 0.6 is 11.6 Å². The van der Waals surface area contributed by atoms with Crippen LogP contribution in [0.4, 0.5) is 0 Å². The van der Waals surface area contributed by atoms with E-state index in [4.69, 9.17) is 16.0 Å². The maximum absolute atomic E-state index is 13.2. The van der Waals surface area contributed by atoms with Crippen molar-refractivity contribution in [3.63, 3.8) is 0 Å². The number of pyridine rings is 1. The van der Waals surface area contributed by atoms with Crippen molar-refractivity contribution >= 4 is 17.5 Å². The SMILES string of the molecule is O=C(c1cccc(-c2cncnc2)n1)N1CCC[C@H](c2ncc(Cc3ccccc3Cl)o2)C1. The zero-order valence-corrected chi connectivity index (χ0v) is 18.7. The molecule has 1 atom stereocenters. The van der Waals surface area contributed by atoms with Crippen LogP contribution in [0.2, 0.25) is 5.02 Å². The lowest BCUT2D eigenvalue weighted by Gasteiger charge is -2.31. The van der Waals surface area contributed by atoms with Gasteiger partial charge in [-0.15, -0.1) is 0 Å². The number of piperidine rings is 1. The summed E-state index contributed by atoms with van der Waals surface area (Å²) in [6.07, 6.45) is 8.98. The number of hydrogen-bond donors (Lipinski definition) is 0. The molecule has 33 heavy (non-hydrogen) atoms. The lowest BCUT2D eigenvalue weighted by Crippen LogP contribution is -2.39. The number of oxazole rings is 1. The van der Waals surface area contributed by atoms with Gasteiger partial charge >= 0.3 is 0 Å². The Morgan fingerprint density at radius 1 is 1.09 bits per heavy atom. The number of halogens is 1. The van der Waals surface area contributed by atoms with E-state index in [-0.39, 0.29) is 11.8 Å². The Bertz CT molecular complexity index is 1260. The summed E-state index contributed by atoms with van der Waals surface area (Å²) in [4.78, 5) is 32.2. The van der Waals surface area contributed by atoms with Crippen LogP contribution in [0.5, 0.6) is 0 Å². The maximum atomic E-state index is 13.2. The van der Waals surface area contributed by atoms with E-state index in [9.17, 15) is 4.79 Å². The highest BCUT2D eigenvalue weighted by Gasteiger charge is 2.29. The number of carbonyl (C=O) groups excluding carboxylic acids is 1. The van der Waals surface area contributed by atoms with E-state index in [2.05, 4.69) is 19.9 Å². The first-order chi connectivity index (χ1) is 16.2. The molecular weight excluding hydrogens is 438 g/mol. The van der Waals surface area contributed by atoms with E-state index in [0.717, 1.165) is 29.7 Å². The second-order valence-corrected chi connectivity index (χ2v) is 8.47. The Labute approximate surface area is 196 Å². The molecule has 1 amide bonds. The number of carbonyl (C=O) groups is 1. The third kappa shape index (κ3) is 4.78. The predicted octanol–water partition coefficient (Wildman–Crippen LogP) is 4.79. The first-order valence-electron chi connectivity index (χ1n) is 10.9.